The minimum Gasteiger partial charge on any atom is -0.323 e. The molecule has 4 rings (SSSR count). The zero-order valence-electron chi connectivity index (χ0n) is 17.4. The van der Waals surface area contributed by atoms with Crippen LogP contribution < -0.4 is 10.9 Å². The number of nitrogens with zero attached hydrogens (tertiary/aromatic N) is 2. The van der Waals surface area contributed by atoms with Crippen LogP contribution >= 0.6 is 23.4 Å². The van der Waals surface area contributed by atoms with Gasteiger partial charge in [-0.05, 0) is 61.4 Å². The van der Waals surface area contributed by atoms with Crippen LogP contribution in [0.4, 0.5) is 10.1 Å². The minimum absolute atomic E-state index is 0.0578. The molecule has 5 nitrogen and oxygen atoms in total. The number of hydrogen-bond donors (Lipinski definition) is 1. The number of hydrogen-bond acceptors (Lipinski definition) is 4. The van der Waals surface area contributed by atoms with Gasteiger partial charge in [0.05, 0.1) is 28.0 Å². The van der Waals surface area contributed by atoms with Gasteiger partial charge >= 0.3 is 0 Å². The van der Waals surface area contributed by atoms with Crippen LogP contribution in [0.15, 0.2) is 70.6 Å². The maximum absolute atomic E-state index is 14.1. The van der Waals surface area contributed by atoms with Gasteiger partial charge in [0.2, 0.25) is 5.91 Å². The summed E-state index contributed by atoms with van der Waals surface area (Å²) in [5, 5.41) is 3.88. The first kappa shape index (κ1) is 22.0. The van der Waals surface area contributed by atoms with Crippen LogP contribution in [0.3, 0.4) is 0 Å². The number of anilines is 1. The molecule has 0 saturated heterocycles. The topological polar surface area (TPSA) is 64.0 Å². The second kappa shape index (κ2) is 9.14. The van der Waals surface area contributed by atoms with E-state index in [4.69, 9.17) is 11.6 Å². The van der Waals surface area contributed by atoms with Gasteiger partial charge in [-0.1, -0.05) is 47.6 Å². The monoisotopic (exact) mass is 467 g/mol. The van der Waals surface area contributed by atoms with Gasteiger partial charge in [0, 0.05) is 5.02 Å². The highest BCUT2D eigenvalue weighted by Gasteiger charge is 2.16. The molecule has 1 aromatic heterocycles. The van der Waals surface area contributed by atoms with Crippen molar-refractivity contribution in [3.63, 3.8) is 0 Å². The molecule has 0 saturated carbocycles. The Balaban J connectivity index is 1.68. The fourth-order valence-electron chi connectivity index (χ4n) is 3.20. The third kappa shape index (κ3) is 4.54. The van der Waals surface area contributed by atoms with Gasteiger partial charge in [-0.2, -0.15) is 0 Å². The van der Waals surface area contributed by atoms with Gasteiger partial charge < -0.3 is 5.32 Å². The van der Waals surface area contributed by atoms with Crippen LogP contribution in [-0.4, -0.2) is 21.2 Å². The number of carbonyl (C=O) groups is 1. The van der Waals surface area contributed by atoms with Crippen molar-refractivity contribution in [1.82, 2.24) is 9.55 Å². The van der Waals surface area contributed by atoms with E-state index in [9.17, 15) is 14.0 Å². The van der Waals surface area contributed by atoms with E-state index < -0.39 is 11.7 Å². The SMILES string of the molecule is Cc1ccc(NC(=O)CSc2nc3ccccc3c(=O)n2-c2ccc(C)c(Cl)c2)c(F)c1. The maximum atomic E-state index is 14.1. The van der Waals surface area contributed by atoms with Crippen LogP contribution in [0.5, 0.6) is 0 Å². The number of amides is 1. The van der Waals surface area contributed by atoms with Crippen LogP contribution in [-0.2, 0) is 4.79 Å². The fraction of sp³-hybridized carbons (Fsp3) is 0.125. The van der Waals surface area contributed by atoms with E-state index in [1.165, 1.54) is 16.7 Å². The average molecular weight is 468 g/mol. The van der Waals surface area contributed by atoms with E-state index in [0.29, 0.717) is 26.8 Å². The molecule has 3 aromatic carbocycles. The van der Waals surface area contributed by atoms with E-state index >= 15 is 0 Å². The summed E-state index contributed by atoms with van der Waals surface area (Å²) in [6.07, 6.45) is 0. The van der Waals surface area contributed by atoms with Crippen molar-refractivity contribution < 1.29 is 9.18 Å². The Morgan fingerprint density at radius 3 is 2.66 bits per heavy atom. The van der Waals surface area contributed by atoms with E-state index in [0.717, 1.165) is 22.9 Å². The first-order chi connectivity index (χ1) is 15.3. The molecule has 0 unspecified atom stereocenters. The molecule has 0 aliphatic rings. The Kier molecular flexibility index (Phi) is 6.30. The first-order valence-electron chi connectivity index (χ1n) is 9.80. The summed E-state index contributed by atoms with van der Waals surface area (Å²) < 4.78 is 15.5. The zero-order valence-corrected chi connectivity index (χ0v) is 18.9. The minimum atomic E-state index is -0.501. The lowest BCUT2D eigenvalue weighted by molar-refractivity contribution is -0.113. The maximum Gasteiger partial charge on any atom is 0.266 e. The number of halogens is 2. The van der Waals surface area contributed by atoms with Crippen molar-refractivity contribution >= 4 is 45.9 Å². The van der Waals surface area contributed by atoms with Crippen molar-refractivity contribution in [1.29, 1.82) is 0 Å². The molecule has 0 radical (unpaired) electrons. The third-order valence-electron chi connectivity index (χ3n) is 4.89. The highest BCUT2D eigenvalue weighted by atomic mass is 35.5. The zero-order chi connectivity index (χ0) is 22.8. The smallest absolute Gasteiger partial charge is 0.266 e. The van der Waals surface area contributed by atoms with Crippen LogP contribution in [0.1, 0.15) is 11.1 Å². The van der Waals surface area contributed by atoms with E-state index in [2.05, 4.69) is 10.3 Å². The number of fused-ring (bicyclic) bond motifs is 1. The Labute approximate surface area is 193 Å². The summed E-state index contributed by atoms with van der Waals surface area (Å²) >= 11 is 7.38. The Hall–Kier alpha value is -3.16. The predicted octanol–water partition coefficient (Wildman–Crippen LogP) is 5.53. The van der Waals surface area contributed by atoms with E-state index in [1.807, 2.05) is 13.0 Å². The Morgan fingerprint density at radius 2 is 1.91 bits per heavy atom. The van der Waals surface area contributed by atoms with Crippen molar-refractivity contribution in [3.8, 4) is 5.69 Å². The lowest BCUT2D eigenvalue weighted by atomic mass is 10.2. The van der Waals surface area contributed by atoms with Crippen molar-refractivity contribution in [3.05, 3.63) is 93.0 Å². The molecule has 32 heavy (non-hydrogen) atoms. The third-order valence-corrected chi connectivity index (χ3v) is 6.24. The van der Waals surface area contributed by atoms with Gasteiger partial charge in [-0.3, -0.25) is 14.2 Å². The normalized spacial score (nSPS) is 11.0. The molecule has 0 spiro atoms. The van der Waals surface area contributed by atoms with Crippen LogP contribution in [0, 0.1) is 19.7 Å². The highest BCUT2D eigenvalue weighted by Crippen LogP contribution is 2.25. The lowest BCUT2D eigenvalue weighted by Crippen LogP contribution is -2.23. The number of nitrogens with one attached hydrogen (secondary N) is 1. The average Bonchev–Trinajstić information content (AvgIpc) is 2.76. The lowest BCUT2D eigenvalue weighted by Gasteiger charge is -2.14. The van der Waals surface area contributed by atoms with Crippen molar-refractivity contribution in [2.75, 3.05) is 11.1 Å². The second-order valence-electron chi connectivity index (χ2n) is 7.31. The van der Waals surface area contributed by atoms with E-state index in [-0.39, 0.29) is 17.0 Å². The number of para-hydroxylation sites is 1. The number of aromatic nitrogens is 2. The molecule has 1 heterocycles. The van der Waals surface area contributed by atoms with Gasteiger partial charge in [-0.25, -0.2) is 9.37 Å². The molecular weight excluding hydrogens is 449 g/mol. The predicted molar refractivity (Wildman–Crippen MR) is 128 cm³/mol. The van der Waals surface area contributed by atoms with Crippen LogP contribution in [0.2, 0.25) is 5.02 Å². The van der Waals surface area contributed by atoms with Gasteiger partial charge in [0.25, 0.3) is 5.56 Å². The number of carbonyl (C=O) groups excluding carboxylic acids is 1. The largest absolute Gasteiger partial charge is 0.323 e. The molecule has 1 amide bonds. The molecular formula is C24H19ClFN3O2S. The van der Waals surface area contributed by atoms with Gasteiger partial charge in [-0.15, -0.1) is 0 Å². The molecule has 162 valence electrons. The summed E-state index contributed by atoms with van der Waals surface area (Å²) in [7, 11) is 0. The quantitative estimate of drug-likeness (QED) is 0.310. The molecule has 0 aliphatic heterocycles. The molecule has 0 atom stereocenters. The summed E-state index contributed by atoms with van der Waals surface area (Å²) in [6, 6.07) is 16.9. The van der Waals surface area contributed by atoms with Crippen LogP contribution in [0.25, 0.3) is 16.6 Å². The van der Waals surface area contributed by atoms with Crippen molar-refractivity contribution in [2.24, 2.45) is 0 Å². The number of benzene rings is 3. The summed E-state index contributed by atoms with van der Waals surface area (Å²) in [6.45, 7) is 3.64. The Morgan fingerprint density at radius 1 is 1.12 bits per heavy atom. The molecule has 1 N–H and O–H groups in total. The molecule has 0 aliphatic carbocycles. The van der Waals surface area contributed by atoms with E-state index in [1.54, 1.807) is 49.4 Å². The fourth-order valence-corrected chi connectivity index (χ4v) is 4.18. The number of rotatable bonds is 5. The number of thioether (sulfide) groups is 1. The summed E-state index contributed by atoms with van der Waals surface area (Å²) in [4.78, 5) is 30.4. The molecule has 0 fully saturated rings. The standard InChI is InChI=1S/C24H19ClFN3O2S/c1-14-7-10-21(19(26)11-14)27-22(30)13-32-24-28-20-6-4-3-5-17(20)23(31)29(24)16-9-8-15(2)18(25)12-16/h3-12H,13H2,1-2H3,(H,27,30). The number of aryl methyl sites for hydroxylation is 2. The molecule has 8 heteroatoms. The second-order valence-corrected chi connectivity index (χ2v) is 8.66. The molecule has 0 bridgehead atoms. The Bertz CT molecular complexity index is 1400. The highest BCUT2D eigenvalue weighted by molar-refractivity contribution is 7.99. The molecule has 4 aromatic rings. The van der Waals surface area contributed by atoms with Crippen molar-refractivity contribution in [2.45, 2.75) is 19.0 Å². The summed E-state index contributed by atoms with van der Waals surface area (Å²) in [5.41, 5.74) is 2.57. The van der Waals surface area contributed by atoms with Gasteiger partial charge in [0.15, 0.2) is 5.16 Å². The summed E-state index contributed by atoms with van der Waals surface area (Å²) in [5.74, 6) is -0.968. The first-order valence-corrected chi connectivity index (χ1v) is 11.2. The van der Waals surface area contributed by atoms with Gasteiger partial charge in [0.1, 0.15) is 5.82 Å².